The Labute approximate surface area is 202 Å². The summed E-state index contributed by atoms with van der Waals surface area (Å²) in [6, 6.07) is 25.1. The molecule has 4 aromatic rings. The van der Waals surface area contributed by atoms with Gasteiger partial charge < -0.3 is 14.8 Å². The van der Waals surface area contributed by atoms with Gasteiger partial charge in [-0.25, -0.2) is 0 Å². The van der Waals surface area contributed by atoms with Crippen LogP contribution in [-0.4, -0.2) is 14.7 Å². The zero-order valence-electron chi connectivity index (χ0n) is 17.9. The van der Waals surface area contributed by atoms with Crippen molar-refractivity contribution in [3.8, 4) is 5.69 Å². The van der Waals surface area contributed by atoms with E-state index in [2.05, 4.69) is 116 Å². The summed E-state index contributed by atoms with van der Waals surface area (Å²) in [6.45, 7) is 4.25. The van der Waals surface area contributed by atoms with Gasteiger partial charge in [-0.15, -0.1) is 0 Å². The highest BCUT2D eigenvalue weighted by atomic mass is 79.9. The average Bonchev–Trinajstić information content (AvgIpc) is 3.38. The molecule has 1 aliphatic heterocycles. The van der Waals surface area contributed by atoms with Gasteiger partial charge in [0.2, 0.25) is 0 Å². The highest BCUT2D eigenvalue weighted by molar-refractivity contribution is 9.10. The largest absolute Gasteiger partial charge is 0.351 e. The minimum atomic E-state index is -0.0754. The molecular weight excluding hydrogens is 480 g/mol. The SMILES string of the molecule is Cc1cc(C)cc(N2C(=S)N[C@H](c3ccccn3)[C@H]2c2cccn2-c2ccc(Br)cc2)c1. The van der Waals surface area contributed by atoms with Gasteiger partial charge in [0.15, 0.2) is 5.11 Å². The van der Waals surface area contributed by atoms with E-state index in [1.807, 2.05) is 18.3 Å². The Morgan fingerprint density at radius 2 is 1.66 bits per heavy atom. The lowest BCUT2D eigenvalue weighted by Gasteiger charge is -2.29. The molecular formula is C26H23BrN4S. The molecule has 0 spiro atoms. The number of anilines is 1. The Morgan fingerprint density at radius 3 is 2.34 bits per heavy atom. The zero-order valence-corrected chi connectivity index (χ0v) is 20.3. The van der Waals surface area contributed by atoms with E-state index in [-0.39, 0.29) is 12.1 Å². The molecule has 0 saturated carbocycles. The van der Waals surface area contributed by atoms with Crippen LogP contribution >= 0.6 is 28.1 Å². The molecule has 32 heavy (non-hydrogen) atoms. The van der Waals surface area contributed by atoms with Gasteiger partial charge in [0.1, 0.15) is 6.04 Å². The number of hydrogen-bond acceptors (Lipinski definition) is 2. The number of aromatic nitrogens is 2. The van der Waals surface area contributed by atoms with Crippen LogP contribution in [0.15, 0.2) is 89.7 Å². The van der Waals surface area contributed by atoms with Crippen LogP contribution in [0.4, 0.5) is 5.69 Å². The fourth-order valence-corrected chi connectivity index (χ4v) is 5.11. The number of thiocarbonyl (C=S) groups is 1. The van der Waals surface area contributed by atoms with Crippen molar-refractivity contribution < 1.29 is 0 Å². The summed E-state index contributed by atoms with van der Waals surface area (Å²) in [5.74, 6) is 0. The number of hydrogen-bond donors (Lipinski definition) is 1. The first-order chi connectivity index (χ1) is 15.5. The van der Waals surface area contributed by atoms with Crippen molar-refractivity contribution in [1.82, 2.24) is 14.9 Å². The number of benzene rings is 2. The normalized spacial score (nSPS) is 18.1. The van der Waals surface area contributed by atoms with Crippen molar-refractivity contribution in [2.24, 2.45) is 0 Å². The number of aryl methyl sites for hydroxylation is 2. The first-order valence-corrected chi connectivity index (χ1v) is 11.7. The molecule has 1 saturated heterocycles. The predicted molar refractivity (Wildman–Crippen MR) is 137 cm³/mol. The lowest BCUT2D eigenvalue weighted by Crippen LogP contribution is -2.30. The van der Waals surface area contributed by atoms with Crippen molar-refractivity contribution >= 4 is 38.9 Å². The summed E-state index contributed by atoms with van der Waals surface area (Å²) >= 11 is 9.43. The van der Waals surface area contributed by atoms with Crippen LogP contribution in [0.5, 0.6) is 0 Å². The third-order valence-corrected chi connectivity index (χ3v) is 6.61. The van der Waals surface area contributed by atoms with Gasteiger partial charge in [-0.05, 0) is 97.9 Å². The average molecular weight is 503 g/mol. The first-order valence-electron chi connectivity index (χ1n) is 10.5. The van der Waals surface area contributed by atoms with Crippen molar-refractivity contribution in [2.75, 3.05) is 4.90 Å². The van der Waals surface area contributed by atoms with E-state index in [9.17, 15) is 0 Å². The molecule has 0 amide bonds. The predicted octanol–water partition coefficient (Wildman–Crippen LogP) is 6.43. The summed E-state index contributed by atoms with van der Waals surface area (Å²) in [7, 11) is 0. The quantitative estimate of drug-likeness (QED) is 0.326. The van der Waals surface area contributed by atoms with E-state index in [1.54, 1.807) is 0 Å². The van der Waals surface area contributed by atoms with Crippen LogP contribution in [0.1, 0.15) is 34.6 Å². The molecule has 0 aliphatic carbocycles. The Hall–Kier alpha value is -2.96. The fourth-order valence-electron chi connectivity index (χ4n) is 4.50. The van der Waals surface area contributed by atoms with Crippen molar-refractivity contribution in [3.05, 3.63) is 112 Å². The van der Waals surface area contributed by atoms with Crippen LogP contribution in [-0.2, 0) is 0 Å². The Morgan fingerprint density at radius 1 is 0.906 bits per heavy atom. The van der Waals surface area contributed by atoms with E-state index in [0.29, 0.717) is 5.11 Å². The highest BCUT2D eigenvalue weighted by Gasteiger charge is 2.42. The summed E-state index contributed by atoms with van der Waals surface area (Å²) in [4.78, 5) is 6.90. The second-order valence-corrected chi connectivity index (χ2v) is 9.42. The van der Waals surface area contributed by atoms with Gasteiger partial charge in [-0.3, -0.25) is 4.98 Å². The summed E-state index contributed by atoms with van der Waals surface area (Å²) < 4.78 is 3.29. The van der Waals surface area contributed by atoms with Crippen LogP contribution in [0.25, 0.3) is 5.69 Å². The van der Waals surface area contributed by atoms with Gasteiger partial charge >= 0.3 is 0 Å². The maximum atomic E-state index is 5.89. The third-order valence-electron chi connectivity index (χ3n) is 5.77. The number of halogens is 1. The van der Waals surface area contributed by atoms with E-state index < -0.39 is 0 Å². The number of pyridine rings is 1. The topological polar surface area (TPSA) is 33.1 Å². The summed E-state index contributed by atoms with van der Waals surface area (Å²) in [5.41, 5.74) is 6.74. The third kappa shape index (κ3) is 3.85. The van der Waals surface area contributed by atoms with Gasteiger partial charge in [0.05, 0.1) is 11.7 Å². The van der Waals surface area contributed by atoms with E-state index >= 15 is 0 Å². The second-order valence-electron chi connectivity index (χ2n) is 8.12. The van der Waals surface area contributed by atoms with E-state index in [0.717, 1.165) is 27.2 Å². The molecule has 0 bridgehead atoms. The first kappa shape index (κ1) is 20.9. The molecule has 5 rings (SSSR count). The fraction of sp³-hybridized carbons (Fsp3) is 0.154. The summed E-state index contributed by atoms with van der Waals surface area (Å²) in [5, 5.41) is 4.27. The van der Waals surface area contributed by atoms with E-state index in [4.69, 9.17) is 12.2 Å². The maximum Gasteiger partial charge on any atom is 0.174 e. The smallest absolute Gasteiger partial charge is 0.174 e. The number of rotatable bonds is 4. The van der Waals surface area contributed by atoms with Crippen molar-refractivity contribution in [2.45, 2.75) is 25.9 Å². The Kier molecular flexibility index (Phi) is 5.57. The number of nitrogens with one attached hydrogen (secondary N) is 1. The van der Waals surface area contributed by atoms with Crippen LogP contribution in [0, 0.1) is 13.8 Å². The molecule has 1 N–H and O–H groups in total. The van der Waals surface area contributed by atoms with Crippen LogP contribution in [0.2, 0.25) is 0 Å². The molecule has 2 atom stereocenters. The van der Waals surface area contributed by atoms with Gasteiger partial charge in [0.25, 0.3) is 0 Å². The minimum absolute atomic E-state index is 0.0581. The molecule has 1 fully saturated rings. The van der Waals surface area contributed by atoms with Crippen LogP contribution in [0.3, 0.4) is 0 Å². The molecule has 2 aromatic carbocycles. The molecule has 2 aromatic heterocycles. The Balaban J connectivity index is 1.68. The van der Waals surface area contributed by atoms with E-state index in [1.165, 1.54) is 11.1 Å². The lowest BCUT2D eigenvalue weighted by molar-refractivity contribution is 0.549. The molecule has 160 valence electrons. The van der Waals surface area contributed by atoms with Gasteiger partial charge in [-0.2, -0.15) is 0 Å². The zero-order chi connectivity index (χ0) is 22.2. The second kappa shape index (κ2) is 8.52. The molecule has 4 nitrogen and oxygen atoms in total. The molecule has 0 radical (unpaired) electrons. The van der Waals surface area contributed by atoms with Crippen LogP contribution < -0.4 is 10.2 Å². The minimum Gasteiger partial charge on any atom is -0.351 e. The highest BCUT2D eigenvalue weighted by Crippen LogP contribution is 2.42. The van der Waals surface area contributed by atoms with Crippen molar-refractivity contribution in [1.29, 1.82) is 0 Å². The summed E-state index contributed by atoms with van der Waals surface area (Å²) in [6.07, 6.45) is 3.94. The molecule has 0 unspecified atom stereocenters. The Bertz CT molecular complexity index is 1250. The molecule has 1 aliphatic rings. The molecule has 3 heterocycles. The van der Waals surface area contributed by atoms with Crippen molar-refractivity contribution in [3.63, 3.8) is 0 Å². The van der Waals surface area contributed by atoms with Gasteiger partial charge in [0, 0.05) is 33.9 Å². The monoisotopic (exact) mass is 502 g/mol. The maximum absolute atomic E-state index is 5.89. The lowest BCUT2D eigenvalue weighted by atomic mass is 10.00. The molecule has 6 heteroatoms. The van der Waals surface area contributed by atoms with Gasteiger partial charge in [-0.1, -0.05) is 28.1 Å². The number of nitrogens with zero attached hydrogens (tertiary/aromatic N) is 3. The standard InChI is InChI=1S/C26H23BrN4S/c1-17-14-18(2)16-21(15-17)31-25(24(29-26(31)32)22-6-3-4-12-28-22)23-7-5-13-30(23)20-10-8-19(27)9-11-20/h3-16,24-25H,1-2H3,(H,29,32)/t24-,25-/m1/s1.